The number of carbonyl (C=O) groups is 1. The average molecular weight is 357 g/mol. The van der Waals surface area contributed by atoms with Crippen LogP contribution in [0, 0.1) is 0 Å². The number of aromatic nitrogens is 2. The summed E-state index contributed by atoms with van der Waals surface area (Å²) in [5, 5.41) is 2.73. The van der Waals surface area contributed by atoms with Crippen molar-refractivity contribution in [3.8, 4) is 11.5 Å². The van der Waals surface area contributed by atoms with E-state index in [0.717, 1.165) is 31.9 Å². The van der Waals surface area contributed by atoms with Crippen LogP contribution >= 0.6 is 0 Å². The Morgan fingerprint density at radius 3 is 2.31 bits per heavy atom. The molecule has 0 bridgehead atoms. The van der Waals surface area contributed by atoms with Crippen LogP contribution in [-0.2, 0) is 4.79 Å². The first-order chi connectivity index (χ1) is 12.6. The number of likely N-dealkylation sites (N-methyl/N-ethyl adjacent to an activating group) is 1. The molecule has 0 atom stereocenters. The van der Waals surface area contributed by atoms with E-state index in [4.69, 9.17) is 9.47 Å². The smallest absolute Gasteiger partial charge is 0.262 e. The van der Waals surface area contributed by atoms with Gasteiger partial charge in [0.25, 0.3) is 5.91 Å². The lowest BCUT2D eigenvalue weighted by Gasteiger charge is -2.32. The van der Waals surface area contributed by atoms with Gasteiger partial charge in [0.2, 0.25) is 5.95 Å². The molecule has 1 aliphatic heterocycles. The second kappa shape index (κ2) is 8.48. The standard InChI is InChI=1S/C18H23N5O3/c1-22-7-9-23(10-8-22)18-19-11-14(12-20-18)21-17(24)13-26-16-5-3-15(25-2)4-6-16/h3-6,11-12H,7-10,13H2,1-2H3,(H,21,24). The van der Waals surface area contributed by atoms with Crippen LogP contribution in [0.1, 0.15) is 0 Å². The van der Waals surface area contributed by atoms with Crippen LogP contribution < -0.4 is 19.7 Å². The summed E-state index contributed by atoms with van der Waals surface area (Å²) in [5.74, 6) is 1.75. The SMILES string of the molecule is COc1ccc(OCC(=O)Nc2cnc(N3CCN(C)CC3)nc2)cc1. The van der Waals surface area contributed by atoms with E-state index in [2.05, 4.69) is 32.1 Å². The summed E-state index contributed by atoms with van der Waals surface area (Å²) in [5.41, 5.74) is 0.547. The van der Waals surface area contributed by atoms with E-state index in [1.807, 2.05) is 0 Å². The van der Waals surface area contributed by atoms with Gasteiger partial charge in [0.05, 0.1) is 25.2 Å². The quantitative estimate of drug-likeness (QED) is 0.833. The summed E-state index contributed by atoms with van der Waals surface area (Å²) in [6.07, 6.45) is 3.23. The molecule has 0 aliphatic carbocycles. The number of hydrogen-bond donors (Lipinski definition) is 1. The summed E-state index contributed by atoms with van der Waals surface area (Å²) < 4.78 is 10.5. The molecule has 1 N–H and O–H groups in total. The van der Waals surface area contributed by atoms with E-state index in [1.54, 1.807) is 43.8 Å². The van der Waals surface area contributed by atoms with Crippen molar-refractivity contribution >= 4 is 17.5 Å². The Bertz CT molecular complexity index is 713. The molecule has 1 aliphatic rings. The number of piperazine rings is 1. The summed E-state index contributed by atoms with van der Waals surface area (Å²) in [6.45, 7) is 3.69. The van der Waals surface area contributed by atoms with Crippen molar-refractivity contribution in [3.63, 3.8) is 0 Å². The van der Waals surface area contributed by atoms with Crippen molar-refractivity contribution in [2.24, 2.45) is 0 Å². The van der Waals surface area contributed by atoms with Crippen LogP contribution in [-0.4, -0.2) is 67.7 Å². The van der Waals surface area contributed by atoms with Gasteiger partial charge in [-0.3, -0.25) is 4.79 Å². The maximum atomic E-state index is 12.0. The number of nitrogens with zero attached hydrogens (tertiary/aromatic N) is 4. The molecule has 26 heavy (non-hydrogen) atoms. The summed E-state index contributed by atoms with van der Waals surface area (Å²) in [4.78, 5) is 25.1. The van der Waals surface area contributed by atoms with Crippen LogP contribution in [0.3, 0.4) is 0 Å². The molecule has 2 aromatic rings. The van der Waals surface area contributed by atoms with Gasteiger partial charge in [-0.25, -0.2) is 9.97 Å². The predicted molar refractivity (Wildman–Crippen MR) is 98.9 cm³/mol. The number of ether oxygens (including phenoxy) is 2. The molecule has 1 amide bonds. The highest BCUT2D eigenvalue weighted by Crippen LogP contribution is 2.17. The first kappa shape index (κ1) is 17.9. The van der Waals surface area contributed by atoms with E-state index in [-0.39, 0.29) is 12.5 Å². The van der Waals surface area contributed by atoms with Gasteiger partial charge in [0.15, 0.2) is 6.61 Å². The third kappa shape index (κ3) is 4.82. The minimum absolute atomic E-state index is 0.0907. The van der Waals surface area contributed by atoms with Gasteiger partial charge in [0, 0.05) is 26.2 Å². The molecule has 1 fully saturated rings. The maximum Gasteiger partial charge on any atom is 0.262 e. The fourth-order valence-corrected chi connectivity index (χ4v) is 2.57. The van der Waals surface area contributed by atoms with Crippen molar-refractivity contribution in [2.75, 3.05) is 57.2 Å². The molecule has 2 heterocycles. The molecule has 1 aromatic heterocycles. The zero-order valence-corrected chi connectivity index (χ0v) is 15.0. The van der Waals surface area contributed by atoms with Crippen molar-refractivity contribution in [2.45, 2.75) is 0 Å². The molecular formula is C18H23N5O3. The Hall–Kier alpha value is -2.87. The van der Waals surface area contributed by atoms with E-state index in [0.29, 0.717) is 17.4 Å². The number of rotatable bonds is 6. The number of anilines is 2. The van der Waals surface area contributed by atoms with Crippen molar-refractivity contribution < 1.29 is 14.3 Å². The topological polar surface area (TPSA) is 79.8 Å². The molecule has 1 aromatic carbocycles. The summed E-state index contributed by atoms with van der Waals surface area (Å²) in [7, 11) is 3.70. The van der Waals surface area contributed by atoms with Crippen LogP contribution in [0.4, 0.5) is 11.6 Å². The highest BCUT2D eigenvalue weighted by Gasteiger charge is 2.16. The summed E-state index contributed by atoms with van der Waals surface area (Å²) in [6, 6.07) is 7.05. The first-order valence-electron chi connectivity index (χ1n) is 8.46. The second-order valence-corrected chi connectivity index (χ2v) is 6.07. The largest absolute Gasteiger partial charge is 0.497 e. The number of carbonyl (C=O) groups excluding carboxylic acids is 1. The molecule has 138 valence electrons. The fraction of sp³-hybridized carbons (Fsp3) is 0.389. The van der Waals surface area contributed by atoms with Gasteiger partial charge in [0.1, 0.15) is 11.5 Å². The van der Waals surface area contributed by atoms with E-state index in [1.165, 1.54) is 0 Å². The summed E-state index contributed by atoms with van der Waals surface area (Å²) >= 11 is 0. The van der Waals surface area contributed by atoms with Crippen LogP contribution in [0.2, 0.25) is 0 Å². The third-order valence-corrected chi connectivity index (χ3v) is 4.14. The number of benzene rings is 1. The van der Waals surface area contributed by atoms with E-state index >= 15 is 0 Å². The maximum absolute atomic E-state index is 12.0. The number of hydrogen-bond acceptors (Lipinski definition) is 7. The normalized spacial score (nSPS) is 14.8. The molecule has 0 radical (unpaired) electrons. The minimum atomic E-state index is -0.267. The first-order valence-corrected chi connectivity index (χ1v) is 8.46. The Morgan fingerprint density at radius 1 is 1.08 bits per heavy atom. The highest BCUT2D eigenvalue weighted by molar-refractivity contribution is 5.91. The lowest BCUT2D eigenvalue weighted by atomic mass is 10.3. The van der Waals surface area contributed by atoms with Crippen LogP contribution in [0.5, 0.6) is 11.5 Å². The van der Waals surface area contributed by atoms with Gasteiger partial charge in [-0.05, 0) is 31.3 Å². The average Bonchev–Trinajstić information content (AvgIpc) is 2.68. The minimum Gasteiger partial charge on any atom is -0.497 e. The molecule has 8 heteroatoms. The molecule has 0 spiro atoms. The molecule has 8 nitrogen and oxygen atoms in total. The second-order valence-electron chi connectivity index (χ2n) is 6.07. The Morgan fingerprint density at radius 2 is 1.69 bits per heavy atom. The van der Waals surface area contributed by atoms with Gasteiger partial charge < -0.3 is 24.6 Å². The Labute approximate surface area is 152 Å². The molecule has 3 rings (SSSR count). The number of amides is 1. The van der Waals surface area contributed by atoms with Crippen molar-refractivity contribution in [3.05, 3.63) is 36.7 Å². The van der Waals surface area contributed by atoms with Crippen LogP contribution in [0.25, 0.3) is 0 Å². The van der Waals surface area contributed by atoms with Crippen molar-refractivity contribution in [1.82, 2.24) is 14.9 Å². The predicted octanol–water partition coefficient (Wildman–Crippen LogP) is 1.25. The Balaban J connectivity index is 1.47. The number of nitrogens with one attached hydrogen (secondary N) is 1. The Kier molecular flexibility index (Phi) is 5.85. The van der Waals surface area contributed by atoms with Gasteiger partial charge in [-0.1, -0.05) is 0 Å². The zero-order valence-electron chi connectivity index (χ0n) is 15.0. The van der Waals surface area contributed by atoms with Crippen LogP contribution in [0.15, 0.2) is 36.7 Å². The molecule has 0 unspecified atom stereocenters. The van der Waals surface area contributed by atoms with Gasteiger partial charge >= 0.3 is 0 Å². The monoisotopic (exact) mass is 357 g/mol. The third-order valence-electron chi connectivity index (χ3n) is 4.14. The molecular weight excluding hydrogens is 334 g/mol. The van der Waals surface area contributed by atoms with Crippen molar-refractivity contribution in [1.29, 1.82) is 0 Å². The lowest BCUT2D eigenvalue weighted by Crippen LogP contribution is -2.45. The number of methoxy groups -OCH3 is 1. The van der Waals surface area contributed by atoms with Gasteiger partial charge in [-0.15, -0.1) is 0 Å². The van der Waals surface area contributed by atoms with E-state index in [9.17, 15) is 4.79 Å². The fourth-order valence-electron chi connectivity index (χ4n) is 2.57. The highest BCUT2D eigenvalue weighted by atomic mass is 16.5. The molecule has 1 saturated heterocycles. The molecule has 0 saturated carbocycles. The lowest BCUT2D eigenvalue weighted by molar-refractivity contribution is -0.118. The van der Waals surface area contributed by atoms with Gasteiger partial charge in [-0.2, -0.15) is 0 Å². The zero-order chi connectivity index (χ0) is 18.4. The van der Waals surface area contributed by atoms with E-state index < -0.39 is 0 Å².